The number of carbonyl (C=O) groups excluding carboxylic acids is 3. The molecule has 104 valence electrons. The first-order chi connectivity index (χ1) is 8.93. The van der Waals surface area contributed by atoms with Crippen molar-refractivity contribution in [2.75, 3.05) is 7.05 Å². The van der Waals surface area contributed by atoms with Gasteiger partial charge in [0.2, 0.25) is 0 Å². The average molecular weight is 379 g/mol. The van der Waals surface area contributed by atoms with Crippen LogP contribution in [0, 0.1) is 3.57 Å². The number of hydrogen-bond acceptors (Lipinski definition) is 5. The molecule has 0 saturated carbocycles. The molecule has 1 aromatic rings. The van der Waals surface area contributed by atoms with E-state index in [1.54, 1.807) is 24.3 Å². The number of rotatable bonds is 4. The van der Waals surface area contributed by atoms with Crippen molar-refractivity contribution in [3.8, 4) is 0 Å². The van der Waals surface area contributed by atoms with Crippen LogP contribution in [0.2, 0.25) is 0 Å². The first kappa shape index (κ1) is 15.4. The fraction of sp³-hybridized carbons (Fsp3) is 0.250. The summed E-state index contributed by atoms with van der Waals surface area (Å²) in [4.78, 5) is 33.4. The third kappa shape index (κ3) is 4.86. The van der Waals surface area contributed by atoms with E-state index in [-0.39, 0.29) is 5.91 Å². The first-order valence-corrected chi connectivity index (χ1v) is 8.18. The van der Waals surface area contributed by atoms with E-state index >= 15 is 0 Å². The SMILES string of the molecule is CNC(=O)c1ccc(I(OC(C)=O)OC(C)=O)cc1. The second kappa shape index (κ2) is 7.07. The van der Waals surface area contributed by atoms with Crippen LogP contribution in [-0.4, -0.2) is 24.9 Å². The second-order valence-corrected chi connectivity index (χ2v) is 6.81. The molecule has 0 aliphatic rings. The van der Waals surface area contributed by atoms with Gasteiger partial charge in [0.15, 0.2) is 0 Å². The van der Waals surface area contributed by atoms with Crippen LogP contribution in [0.3, 0.4) is 0 Å². The fourth-order valence-electron chi connectivity index (χ4n) is 1.15. The van der Waals surface area contributed by atoms with Crippen LogP contribution < -0.4 is 5.32 Å². The Labute approximate surface area is 118 Å². The number of nitrogens with one attached hydrogen (secondary N) is 1. The van der Waals surface area contributed by atoms with E-state index < -0.39 is 32.6 Å². The maximum atomic E-state index is 11.4. The molecule has 0 fully saturated rings. The minimum absolute atomic E-state index is 0.216. The monoisotopic (exact) mass is 379 g/mol. The molecule has 0 aromatic heterocycles. The van der Waals surface area contributed by atoms with E-state index in [1.165, 1.54) is 20.9 Å². The van der Waals surface area contributed by atoms with Crippen LogP contribution in [0.25, 0.3) is 0 Å². The van der Waals surface area contributed by atoms with Crippen molar-refractivity contribution in [2.24, 2.45) is 0 Å². The Morgan fingerprint density at radius 2 is 1.47 bits per heavy atom. The molecule has 0 atom stereocenters. The van der Waals surface area contributed by atoms with E-state index in [9.17, 15) is 14.4 Å². The summed E-state index contributed by atoms with van der Waals surface area (Å²) in [6, 6.07) is 6.43. The van der Waals surface area contributed by atoms with Crippen molar-refractivity contribution in [1.82, 2.24) is 5.32 Å². The molecule has 0 aliphatic carbocycles. The molecule has 6 nitrogen and oxygen atoms in total. The van der Waals surface area contributed by atoms with Gasteiger partial charge in [0, 0.05) is 0 Å². The summed E-state index contributed by atoms with van der Waals surface area (Å²) >= 11 is -2.79. The number of amides is 1. The summed E-state index contributed by atoms with van der Waals surface area (Å²) in [7, 11) is 1.53. The van der Waals surface area contributed by atoms with Gasteiger partial charge in [0.1, 0.15) is 0 Å². The quantitative estimate of drug-likeness (QED) is 0.806. The van der Waals surface area contributed by atoms with Crippen molar-refractivity contribution in [3.63, 3.8) is 0 Å². The van der Waals surface area contributed by atoms with E-state index in [0.29, 0.717) is 9.13 Å². The van der Waals surface area contributed by atoms with Gasteiger partial charge in [0.25, 0.3) is 0 Å². The average Bonchev–Trinajstić information content (AvgIpc) is 2.36. The Bertz CT molecular complexity index is 469. The summed E-state index contributed by atoms with van der Waals surface area (Å²) in [6.07, 6.45) is 0. The summed E-state index contributed by atoms with van der Waals surface area (Å²) in [5.41, 5.74) is 0.479. The van der Waals surface area contributed by atoms with E-state index in [2.05, 4.69) is 5.32 Å². The van der Waals surface area contributed by atoms with Crippen LogP contribution in [0.1, 0.15) is 24.2 Å². The summed E-state index contributed by atoms with van der Waals surface area (Å²) in [5, 5.41) is 2.50. The van der Waals surface area contributed by atoms with Gasteiger partial charge in [0.05, 0.1) is 0 Å². The summed E-state index contributed by atoms with van der Waals surface area (Å²) < 4.78 is 10.7. The number of carbonyl (C=O) groups is 3. The molecule has 0 bridgehead atoms. The van der Waals surface area contributed by atoms with Crippen LogP contribution in [0.15, 0.2) is 24.3 Å². The van der Waals surface area contributed by atoms with E-state index in [4.69, 9.17) is 6.13 Å². The van der Waals surface area contributed by atoms with Crippen molar-refractivity contribution in [1.29, 1.82) is 0 Å². The molecule has 0 unspecified atom stereocenters. The van der Waals surface area contributed by atoms with Gasteiger partial charge in [-0.05, 0) is 0 Å². The van der Waals surface area contributed by atoms with Gasteiger partial charge in [-0.3, -0.25) is 0 Å². The molecule has 0 heterocycles. The third-order valence-electron chi connectivity index (χ3n) is 1.87. The molecule has 0 aliphatic heterocycles. The first-order valence-electron chi connectivity index (χ1n) is 5.34. The Morgan fingerprint density at radius 3 is 1.84 bits per heavy atom. The standard InChI is InChI=1S/C12H14INO5/c1-8(15)18-13(19-9(2)16)11-6-4-10(5-7-11)12(17)14-3/h4-7H,1-3H3,(H,14,17). The molecule has 19 heavy (non-hydrogen) atoms. The van der Waals surface area contributed by atoms with Crippen molar-refractivity contribution >= 4 is 38.5 Å². The van der Waals surface area contributed by atoms with E-state index in [1.807, 2.05) is 0 Å². The normalized spacial score (nSPS) is 10.4. The van der Waals surface area contributed by atoms with Gasteiger partial charge in [-0.15, -0.1) is 0 Å². The zero-order valence-corrected chi connectivity index (χ0v) is 12.9. The van der Waals surface area contributed by atoms with Gasteiger partial charge >= 0.3 is 119 Å². The third-order valence-corrected chi connectivity index (χ3v) is 5.65. The van der Waals surface area contributed by atoms with Gasteiger partial charge < -0.3 is 0 Å². The summed E-state index contributed by atoms with van der Waals surface area (Å²) in [5.74, 6) is -1.21. The van der Waals surface area contributed by atoms with Gasteiger partial charge in [-0.2, -0.15) is 0 Å². The summed E-state index contributed by atoms with van der Waals surface area (Å²) in [6.45, 7) is 2.51. The number of hydrogen-bond donors (Lipinski definition) is 1. The molecular formula is C12H14INO5. The Kier molecular flexibility index (Phi) is 5.74. The second-order valence-electron chi connectivity index (χ2n) is 3.44. The minimum atomic E-state index is -2.79. The number of benzene rings is 1. The zero-order chi connectivity index (χ0) is 14.4. The van der Waals surface area contributed by atoms with Crippen LogP contribution in [0.4, 0.5) is 0 Å². The molecule has 7 heteroatoms. The van der Waals surface area contributed by atoms with Gasteiger partial charge in [-0.1, -0.05) is 0 Å². The molecule has 0 saturated heterocycles. The molecule has 0 spiro atoms. The molecular weight excluding hydrogens is 365 g/mol. The molecule has 1 N–H and O–H groups in total. The Morgan fingerprint density at radius 1 is 1.00 bits per heavy atom. The molecule has 1 aromatic carbocycles. The predicted octanol–water partition coefficient (Wildman–Crippen LogP) is 1.68. The van der Waals surface area contributed by atoms with Crippen molar-refractivity contribution in [3.05, 3.63) is 33.4 Å². The van der Waals surface area contributed by atoms with E-state index in [0.717, 1.165) is 0 Å². The Balaban J connectivity index is 2.93. The topological polar surface area (TPSA) is 81.7 Å². The molecule has 1 amide bonds. The molecule has 0 radical (unpaired) electrons. The van der Waals surface area contributed by atoms with Crippen molar-refractivity contribution in [2.45, 2.75) is 13.8 Å². The number of halogens is 1. The maximum absolute atomic E-state index is 11.4. The van der Waals surface area contributed by atoms with Crippen LogP contribution in [-0.2, 0) is 15.7 Å². The van der Waals surface area contributed by atoms with Crippen LogP contribution >= 0.6 is 20.6 Å². The van der Waals surface area contributed by atoms with Gasteiger partial charge in [-0.25, -0.2) is 0 Å². The van der Waals surface area contributed by atoms with Crippen LogP contribution in [0.5, 0.6) is 0 Å². The molecule has 1 rings (SSSR count). The zero-order valence-electron chi connectivity index (χ0n) is 10.7. The predicted molar refractivity (Wildman–Crippen MR) is 76.1 cm³/mol. The van der Waals surface area contributed by atoms with Crippen molar-refractivity contribution < 1.29 is 20.5 Å². The fourth-order valence-corrected chi connectivity index (χ4v) is 3.82. The Hall–Kier alpha value is -1.64.